The van der Waals surface area contributed by atoms with Crippen molar-refractivity contribution in [3.8, 4) is 5.75 Å². The Balaban J connectivity index is 1.90. The standard InChI is InChI=1S/C21H20N2O4/c1-14-19(21(25)23(22-14)18-7-5-4-6-8-18)12-16-9-10-20(26-3)17(11-16)13-27-15(2)24/h4-12H,13H2,1-3H3. The second kappa shape index (κ2) is 7.86. The van der Waals surface area contributed by atoms with E-state index in [9.17, 15) is 9.59 Å². The van der Waals surface area contributed by atoms with E-state index in [2.05, 4.69) is 5.10 Å². The Morgan fingerprint density at radius 1 is 1.19 bits per heavy atom. The van der Waals surface area contributed by atoms with Crippen LogP contribution in [0.3, 0.4) is 0 Å². The molecule has 27 heavy (non-hydrogen) atoms. The summed E-state index contributed by atoms with van der Waals surface area (Å²) in [6.07, 6.45) is 1.78. The lowest BCUT2D eigenvalue weighted by Crippen LogP contribution is -2.21. The topological polar surface area (TPSA) is 68.2 Å². The van der Waals surface area contributed by atoms with Crippen molar-refractivity contribution in [3.63, 3.8) is 0 Å². The fraction of sp³-hybridized carbons (Fsp3) is 0.190. The van der Waals surface area contributed by atoms with Crippen LogP contribution in [0.2, 0.25) is 0 Å². The number of amides is 1. The number of hydrogen-bond donors (Lipinski definition) is 0. The molecule has 0 unspecified atom stereocenters. The van der Waals surface area contributed by atoms with Crippen molar-refractivity contribution in [2.75, 3.05) is 12.1 Å². The zero-order chi connectivity index (χ0) is 19.4. The van der Waals surface area contributed by atoms with Crippen LogP contribution in [0.15, 0.2) is 59.2 Å². The molecule has 0 saturated carbocycles. The van der Waals surface area contributed by atoms with E-state index in [1.54, 1.807) is 26.2 Å². The lowest BCUT2D eigenvalue weighted by molar-refractivity contribution is -0.142. The fourth-order valence-corrected chi connectivity index (χ4v) is 2.78. The maximum absolute atomic E-state index is 12.8. The van der Waals surface area contributed by atoms with Crippen LogP contribution >= 0.6 is 0 Å². The lowest BCUT2D eigenvalue weighted by atomic mass is 10.0. The number of carbonyl (C=O) groups is 2. The van der Waals surface area contributed by atoms with E-state index in [1.807, 2.05) is 42.5 Å². The predicted octanol–water partition coefficient (Wildman–Crippen LogP) is 3.56. The molecule has 2 aromatic carbocycles. The molecule has 1 amide bonds. The van der Waals surface area contributed by atoms with Gasteiger partial charge in [-0.25, -0.2) is 0 Å². The second-order valence-corrected chi connectivity index (χ2v) is 6.05. The Morgan fingerprint density at radius 3 is 2.59 bits per heavy atom. The molecule has 1 aliphatic heterocycles. The van der Waals surface area contributed by atoms with Crippen molar-refractivity contribution in [2.45, 2.75) is 20.5 Å². The smallest absolute Gasteiger partial charge is 0.302 e. The molecule has 6 heteroatoms. The highest BCUT2D eigenvalue weighted by Crippen LogP contribution is 2.26. The molecule has 1 aliphatic rings. The minimum atomic E-state index is -0.367. The predicted molar refractivity (Wildman–Crippen MR) is 103 cm³/mol. The van der Waals surface area contributed by atoms with Gasteiger partial charge in [-0.1, -0.05) is 24.3 Å². The molecule has 0 aliphatic carbocycles. The van der Waals surface area contributed by atoms with Gasteiger partial charge < -0.3 is 9.47 Å². The first-order chi connectivity index (χ1) is 13.0. The number of rotatable bonds is 5. The number of methoxy groups -OCH3 is 1. The molecule has 0 saturated heterocycles. The highest BCUT2D eigenvalue weighted by Gasteiger charge is 2.28. The van der Waals surface area contributed by atoms with Crippen molar-refractivity contribution in [1.82, 2.24) is 0 Å². The molecule has 0 spiro atoms. The molecule has 2 aromatic rings. The fourth-order valence-electron chi connectivity index (χ4n) is 2.78. The highest BCUT2D eigenvalue weighted by atomic mass is 16.5. The third-order valence-corrected chi connectivity index (χ3v) is 4.11. The third-order valence-electron chi connectivity index (χ3n) is 4.11. The van der Waals surface area contributed by atoms with E-state index in [0.717, 1.165) is 16.8 Å². The van der Waals surface area contributed by atoms with E-state index >= 15 is 0 Å². The van der Waals surface area contributed by atoms with Crippen LogP contribution < -0.4 is 9.75 Å². The molecule has 3 rings (SSSR count). The molecule has 0 atom stereocenters. The number of nitrogens with zero attached hydrogens (tertiary/aromatic N) is 2. The molecular formula is C21H20N2O4. The largest absolute Gasteiger partial charge is 0.496 e. The Labute approximate surface area is 157 Å². The van der Waals surface area contributed by atoms with Gasteiger partial charge >= 0.3 is 5.97 Å². The first-order valence-electron chi connectivity index (χ1n) is 8.46. The molecular weight excluding hydrogens is 344 g/mol. The molecule has 0 radical (unpaired) electrons. The van der Waals surface area contributed by atoms with Crippen LogP contribution in [0.1, 0.15) is 25.0 Å². The quantitative estimate of drug-likeness (QED) is 0.601. The summed E-state index contributed by atoms with van der Waals surface area (Å²) in [4.78, 5) is 23.9. The van der Waals surface area contributed by atoms with E-state index in [1.165, 1.54) is 11.9 Å². The Kier molecular flexibility index (Phi) is 5.35. The average molecular weight is 364 g/mol. The summed E-state index contributed by atoms with van der Waals surface area (Å²) < 4.78 is 10.4. The van der Waals surface area contributed by atoms with Crippen LogP contribution in [-0.4, -0.2) is 24.7 Å². The van der Waals surface area contributed by atoms with Crippen LogP contribution in [0.4, 0.5) is 5.69 Å². The zero-order valence-electron chi connectivity index (χ0n) is 15.4. The van der Waals surface area contributed by atoms with E-state index < -0.39 is 0 Å². The second-order valence-electron chi connectivity index (χ2n) is 6.05. The summed E-state index contributed by atoms with van der Waals surface area (Å²) in [5.41, 5.74) is 3.40. The first-order valence-corrected chi connectivity index (χ1v) is 8.46. The summed E-state index contributed by atoms with van der Waals surface area (Å²) in [6.45, 7) is 3.26. The number of ether oxygens (including phenoxy) is 2. The summed E-state index contributed by atoms with van der Waals surface area (Å²) in [7, 11) is 1.56. The average Bonchev–Trinajstić information content (AvgIpc) is 2.95. The SMILES string of the molecule is COc1ccc(C=C2C(=O)N(c3ccccc3)N=C2C)cc1COC(C)=O. The molecule has 0 fully saturated rings. The highest BCUT2D eigenvalue weighted by molar-refractivity contribution is 6.32. The van der Waals surface area contributed by atoms with Gasteiger partial charge in [-0.05, 0) is 42.8 Å². The van der Waals surface area contributed by atoms with Crippen LogP contribution in [0, 0.1) is 0 Å². The Hall–Kier alpha value is -3.41. The number of hydrogen-bond acceptors (Lipinski definition) is 5. The van der Waals surface area contributed by atoms with Gasteiger partial charge in [0.1, 0.15) is 12.4 Å². The van der Waals surface area contributed by atoms with Crippen LogP contribution in [0.5, 0.6) is 5.75 Å². The number of carbonyl (C=O) groups excluding carboxylic acids is 2. The number of benzene rings is 2. The van der Waals surface area contributed by atoms with Gasteiger partial charge in [-0.2, -0.15) is 10.1 Å². The zero-order valence-corrected chi connectivity index (χ0v) is 15.4. The van der Waals surface area contributed by atoms with Gasteiger partial charge in [-0.15, -0.1) is 0 Å². The molecule has 1 heterocycles. The molecule has 0 aromatic heterocycles. The van der Waals surface area contributed by atoms with Crippen molar-refractivity contribution < 1.29 is 19.1 Å². The lowest BCUT2D eigenvalue weighted by Gasteiger charge is -2.11. The number of para-hydroxylation sites is 1. The normalized spacial score (nSPS) is 15.1. The Morgan fingerprint density at radius 2 is 1.93 bits per heavy atom. The van der Waals surface area contributed by atoms with Gasteiger partial charge in [0.25, 0.3) is 5.91 Å². The van der Waals surface area contributed by atoms with Gasteiger partial charge in [0.05, 0.1) is 24.1 Å². The monoisotopic (exact) mass is 364 g/mol. The number of hydrazone groups is 1. The molecule has 138 valence electrons. The maximum atomic E-state index is 12.8. The summed E-state index contributed by atoms with van der Waals surface area (Å²) in [5, 5.41) is 5.76. The van der Waals surface area contributed by atoms with E-state index in [-0.39, 0.29) is 18.5 Å². The van der Waals surface area contributed by atoms with E-state index in [4.69, 9.17) is 9.47 Å². The molecule has 0 bridgehead atoms. The summed E-state index contributed by atoms with van der Waals surface area (Å²) in [5.74, 6) is 0.0664. The maximum Gasteiger partial charge on any atom is 0.302 e. The van der Waals surface area contributed by atoms with Crippen molar-refractivity contribution in [2.24, 2.45) is 5.10 Å². The minimum Gasteiger partial charge on any atom is -0.496 e. The van der Waals surface area contributed by atoms with E-state index in [0.29, 0.717) is 17.0 Å². The van der Waals surface area contributed by atoms with Gasteiger partial charge in [0, 0.05) is 12.5 Å². The van der Waals surface area contributed by atoms with Crippen molar-refractivity contribution in [1.29, 1.82) is 0 Å². The van der Waals surface area contributed by atoms with Crippen LogP contribution in [0.25, 0.3) is 6.08 Å². The summed E-state index contributed by atoms with van der Waals surface area (Å²) >= 11 is 0. The summed E-state index contributed by atoms with van der Waals surface area (Å²) in [6, 6.07) is 14.7. The van der Waals surface area contributed by atoms with Crippen molar-refractivity contribution in [3.05, 3.63) is 65.2 Å². The minimum absolute atomic E-state index is 0.104. The van der Waals surface area contributed by atoms with Gasteiger partial charge in [-0.3, -0.25) is 9.59 Å². The number of esters is 1. The Bertz CT molecular complexity index is 932. The van der Waals surface area contributed by atoms with Gasteiger partial charge in [0.15, 0.2) is 0 Å². The number of anilines is 1. The first kappa shape index (κ1) is 18.4. The third kappa shape index (κ3) is 4.06. The van der Waals surface area contributed by atoms with Gasteiger partial charge in [0.2, 0.25) is 0 Å². The molecule has 0 N–H and O–H groups in total. The van der Waals surface area contributed by atoms with Crippen LogP contribution in [-0.2, 0) is 20.9 Å². The van der Waals surface area contributed by atoms with Crippen molar-refractivity contribution >= 4 is 29.4 Å². The molecule has 6 nitrogen and oxygen atoms in total.